The molecule has 0 aliphatic rings. The molecule has 3 aromatic carbocycles. The molecule has 0 heterocycles. The second-order valence-electron chi connectivity index (χ2n) is 6.49. The highest BCUT2D eigenvalue weighted by Gasteiger charge is 2.18. The van der Waals surface area contributed by atoms with Crippen molar-refractivity contribution in [2.45, 2.75) is 19.8 Å². The van der Waals surface area contributed by atoms with Crippen molar-refractivity contribution in [1.82, 2.24) is 0 Å². The summed E-state index contributed by atoms with van der Waals surface area (Å²) in [6.45, 7) is 3.72. The van der Waals surface area contributed by atoms with Gasteiger partial charge in [-0.2, -0.15) is 0 Å². The first-order valence-electron chi connectivity index (χ1n) is 8.72. The molecule has 0 saturated carbocycles. The maximum Gasteiger partial charge on any atom is 0.231 e. The topological polar surface area (TPSA) is 46.2 Å². The number of hydrogen-bond donors (Lipinski definition) is 1. The third kappa shape index (κ3) is 4.44. The molecule has 3 aromatic rings. The van der Waals surface area contributed by atoms with Crippen LogP contribution in [0.2, 0.25) is 5.02 Å². The maximum absolute atomic E-state index is 12.7. The van der Waals surface area contributed by atoms with Crippen molar-refractivity contribution < 1.29 is 9.59 Å². The van der Waals surface area contributed by atoms with Crippen LogP contribution in [0.5, 0.6) is 0 Å². The highest BCUT2D eigenvalue weighted by Crippen LogP contribution is 2.23. The molecule has 0 radical (unpaired) electrons. The number of ketones is 1. The first-order valence-corrected chi connectivity index (χ1v) is 9.10. The van der Waals surface area contributed by atoms with E-state index in [1.54, 1.807) is 42.5 Å². The van der Waals surface area contributed by atoms with Gasteiger partial charge in [-0.3, -0.25) is 9.59 Å². The molecule has 3 rings (SSSR count). The Morgan fingerprint density at radius 3 is 2.30 bits per heavy atom. The number of nitrogens with one attached hydrogen (secondary N) is 1. The van der Waals surface area contributed by atoms with Crippen LogP contribution in [-0.4, -0.2) is 11.7 Å². The zero-order valence-corrected chi connectivity index (χ0v) is 16.0. The molecular weight excluding hydrogens is 358 g/mol. The summed E-state index contributed by atoms with van der Waals surface area (Å²) in [5, 5.41) is 3.56. The number of carbonyl (C=O) groups excluding carboxylic acids is 2. The van der Waals surface area contributed by atoms with E-state index in [0.717, 1.165) is 16.8 Å². The van der Waals surface area contributed by atoms with Crippen LogP contribution < -0.4 is 5.32 Å². The van der Waals surface area contributed by atoms with Gasteiger partial charge in [0.05, 0.1) is 5.92 Å². The lowest BCUT2D eigenvalue weighted by atomic mass is 9.95. The van der Waals surface area contributed by atoms with Crippen molar-refractivity contribution in [3.8, 4) is 0 Å². The van der Waals surface area contributed by atoms with Gasteiger partial charge in [-0.1, -0.05) is 60.1 Å². The Hall–Kier alpha value is -2.91. The number of anilines is 1. The van der Waals surface area contributed by atoms with E-state index in [1.807, 2.05) is 44.2 Å². The van der Waals surface area contributed by atoms with Crippen LogP contribution in [0.1, 0.15) is 39.9 Å². The predicted molar refractivity (Wildman–Crippen MR) is 110 cm³/mol. The van der Waals surface area contributed by atoms with Crippen LogP contribution in [0.25, 0.3) is 0 Å². The predicted octanol–water partition coefficient (Wildman–Crippen LogP) is 5.62. The van der Waals surface area contributed by atoms with E-state index in [4.69, 9.17) is 11.6 Å². The van der Waals surface area contributed by atoms with Crippen LogP contribution >= 0.6 is 11.6 Å². The minimum atomic E-state index is -0.399. The third-order valence-corrected chi connectivity index (χ3v) is 4.76. The van der Waals surface area contributed by atoms with E-state index >= 15 is 0 Å². The standard InChI is InChI=1S/C23H20ClNO2/c1-15-13-20(24)11-12-21(15)25-23(27)16(2)18-9-6-10-19(14-18)22(26)17-7-4-3-5-8-17/h3-14,16H,1-2H3,(H,25,27)/t16-/m1/s1. The zero-order valence-electron chi connectivity index (χ0n) is 15.2. The summed E-state index contributed by atoms with van der Waals surface area (Å²) < 4.78 is 0. The number of hydrogen-bond acceptors (Lipinski definition) is 2. The van der Waals surface area contributed by atoms with E-state index in [-0.39, 0.29) is 11.7 Å². The maximum atomic E-state index is 12.7. The summed E-state index contributed by atoms with van der Waals surface area (Å²) >= 11 is 5.96. The Balaban J connectivity index is 1.79. The van der Waals surface area contributed by atoms with Crippen molar-refractivity contribution in [2.24, 2.45) is 0 Å². The van der Waals surface area contributed by atoms with Gasteiger partial charge in [-0.05, 0) is 49.2 Å². The SMILES string of the molecule is Cc1cc(Cl)ccc1NC(=O)[C@H](C)c1cccc(C(=O)c2ccccc2)c1. The molecule has 1 atom stereocenters. The number of halogens is 1. The largest absolute Gasteiger partial charge is 0.325 e. The van der Waals surface area contributed by atoms with E-state index in [0.29, 0.717) is 16.1 Å². The lowest BCUT2D eigenvalue weighted by Crippen LogP contribution is -2.19. The monoisotopic (exact) mass is 377 g/mol. The van der Waals surface area contributed by atoms with Gasteiger partial charge in [0.1, 0.15) is 0 Å². The summed E-state index contributed by atoms with van der Waals surface area (Å²) in [6, 6.07) is 21.7. The second-order valence-corrected chi connectivity index (χ2v) is 6.93. The van der Waals surface area contributed by atoms with Gasteiger partial charge in [-0.15, -0.1) is 0 Å². The Morgan fingerprint density at radius 2 is 1.59 bits per heavy atom. The van der Waals surface area contributed by atoms with E-state index in [1.165, 1.54) is 0 Å². The Bertz CT molecular complexity index is 983. The average Bonchev–Trinajstić information content (AvgIpc) is 2.69. The third-order valence-electron chi connectivity index (χ3n) is 4.52. The Kier molecular flexibility index (Phi) is 5.72. The molecule has 0 fully saturated rings. The summed E-state index contributed by atoms with van der Waals surface area (Å²) in [6.07, 6.45) is 0. The average molecular weight is 378 g/mol. The fraction of sp³-hybridized carbons (Fsp3) is 0.130. The van der Waals surface area contributed by atoms with E-state index in [2.05, 4.69) is 5.32 Å². The first kappa shape index (κ1) is 18.9. The van der Waals surface area contributed by atoms with Gasteiger partial charge in [-0.25, -0.2) is 0 Å². The molecule has 1 amide bonds. The zero-order chi connectivity index (χ0) is 19.4. The highest BCUT2D eigenvalue weighted by atomic mass is 35.5. The molecular formula is C23H20ClNO2. The molecule has 136 valence electrons. The van der Waals surface area contributed by atoms with E-state index in [9.17, 15) is 9.59 Å². The summed E-state index contributed by atoms with van der Waals surface area (Å²) in [7, 11) is 0. The Labute approximate surface area is 164 Å². The van der Waals surface area contributed by atoms with Crippen molar-refractivity contribution in [2.75, 3.05) is 5.32 Å². The van der Waals surface area contributed by atoms with Crippen LogP contribution in [-0.2, 0) is 4.79 Å². The summed E-state index contributed by atoms with van der Waals surface area (Å²) in [5.74, 6) is -0.591. The minimum absolute atomic E-state index is 0.0568. The van der Waals surface area contributed by atoms with Crippen LogP contribution in [0.15, 0.2) is 72.8 Å². The summed E-state index contributed by atoms with van der Waals surface area (Å²) in [5.41, 5.74) is 3.62. The van der Waals surface area contributed by atoms with Gasteiger partial charge in [0, 0.05) is 21.8 Å². The lowest BCUT2D eigenvalue weighted by molar-refractivity contribution is -0.117. The smallest absolute Gasteiger partial charge is 0.231 e. The molecule has 0 bridgehead atoms. The molecule has 0 aliphatic heterocycles. The van der Waals surface area contributed by atoms with Crippen molar-refractivity contribution in [1.29, 1.82) is 0 Å². The number of carbonyl (C=O) groups is 2. The Morgan fingerprint density at radius 1 is 0.889 bits per heavy atom. The lowest BCUT2D eigenvalue weighted by Gasteiger charge is -2.15. The fourth-order valence-corrected chi connectivity index (χ4v) is 3.09. The molecule has 0 saturated heterocycles. The molecule has 0 unspecified atom stereocenters. The molecule has 0 aliphatic carbocycles. The van der Waals surface area contributed by atoms with Crippen molar-refractivity contribution in [3.05, 3.63) is 100 Å². The molecule has 27 heavy (non-hydrogen) atoms. The minimum Gasteiger partial charge on any atom is -0.325 e. The molecule has 1 N–H and O–H groups in total. The molecule has 0 aromatic heterocycles. The number of benzene rings is 3. The van der Waals surface area contributed by atoms with Gasteiger partial charge < -0.3 is 5.32 Å². The number of rotatable bonds is 5. The highest BCUT2D eigenvalue weighted by molar-refractivity contribution is 6.30. The van der Waals surface area contributed by atoms with Crippen molar-refractivity contribution >= 4 is 29.0 Å². The van der Waals surface area contributed by atoms with Gasteiger partial charge >= 0.3 is 0 Å². The molecule has 0 spiro atoms. The first-order chi connectivity index (χ1) is 13.0. The fourth-order valence-electron chi connectivity index (χ4n) is 2.87. The van der Waals surface area contributed by atoms with Crippen LogP contribution in [0, 0.1) is 6.92 Å². The number of amides is 1. The quantitative estimate of drug-likeness (QED) is 0.586. The van der Waals surface area contributed by atoms with Gasteiger partial charge in [0.15, 0.2) is 5.78 Å². The normalized spacial score (nSPS) is 11.7. The molecule has 4 heteroatoms. The second kappa shape index (κ2) is 8.19. The van der Waals surface area contributed by atoms with Gasteiger partial charge in [0.2, 0.25) is 5.91 Å². The molecule has 3 nitrogen and oxygen atoms in total. The van der Waals surface area contributed by atoms with Gasteiger partial charge in [0.25, 0.3) is 0 Å². The summed E-state index contributed by atoms with van der Waals surface area (Å²) in [4.78, 5) is 25.3. The van der Waals surface area contributed by atoms with Crippen LogP contribution in [0.3, 0.4) is 0 Å². The van der Waals surface area contributed by atoms with E-state index < -0.39 is 5.92 Å². The van der Waals surface area contributed by atoms with Crippen molar-refractivity contribution in [3.63, 3.8) is 0 Å². The number of aryl methyl sites for hydroxylation is 1. The van der Waals surface area contributed by atoms with Crippen LogP contribution in [0.4, 0.5) is 5.69 Å².